The van der Waals surface area contributed by atoms with E-state index in [0.717, 1.165) is 20.3 Å². The summed E-state index contributed by atoms with van der Waals surface area (Å²) >= 11 is 1.59. The average Bonchev–Trinajstić information content (AvgIpc) is 3.19. The molecule has 7 heteroatoms. The van der Waals surface area contributed by atoms with Gasteiger partial charge < -0.3 is 14.9 Å². The van der Waals surface area contributed by atoms with Crippen LogP contribution >= 0.6 is 11.8 Å². The van der Waals surface area contributed by atoms with Crippen LogP contribution in [-0.2, 0) is 21.7 Å². The summed E-state index contributed by atoms with van der Waals surface area (Å²) in [5.41, 5.74) is -0.0988. The molecule has 0 saturated carbocycles. The van der Waals surface area contributed by atoms with E-state index in [1.54, 1.807) is 23.9 Å². The fourth-order valence-corrected chi connectivity index (χ4v) is 4.61. The van der Waals surface area contributed by atoms with Crippen molar-refractivity contribution in [2.45, 2.75) is 34.5 Å². The van der Waals surface area contributed by atoms with E-state index in [4.69, 9.17) is 4.74 Å². The van der Waals surface area contributed by atoms with Crippen LogP contribution in [0.5, 0.6) is 0 Å². The number of carbonyl (C=O) groups excluding carboxylic acids is 1. The van der Waals surface area contributed by atoms with Gasteiger partial charge in [-0.15, -0.1) is 0 Å². The molecule has 4 rings (SSSR count). The molecule has 6 nitrogen and oxygen atoms in total. The van der Waals surface area contributed by atoms with Crippen molar-refractivity contribution >= 4 is 23.8 Å². The van der Waals surface area contributed by atoms with Crippen LogP contribution in [0.15, 0.2) is 94.7 Å². The number of amides is 1. The molecule has 164 valence electrons. The second kappa shape index (κ2) is 9.46. The van der Waals surface area contributed by atoms with Crippen molar-refractivity contribution in [3.63, 3.8) is 0 Å². The molecule has 3 aromatic carbocycles. The molecule has 2 atom stereocenters. The zero-order chi connectivity index (χ0) is 22.6. The highest BCUT2D eigenvalue weighted by atomic mass is 32.2. The molecule has 0 spiro atoms. The molecule has 1 aliphatic rings. The van der Waals surface area contributed by atoms with Crippen LogP contribution < -0.4 is 0 Å². The van der Waals surface area contributed by atoms with Crippen molar-refractivity contribution < 1.29 is 24.5 Å². The summed E-state index contributed by atoms with van der Waals surface area (Å²) in [7, 11) is 0. The van der Waals surface area contributed by atoms with E-state index in [2.05, 4.69) is 0 Å². The summed E-state index contributed by atoms with van der Waals surface area (Å²) in [5, 5.41) is 20.9. The van der Waals surface area contributed by atoms with E-state index in [9.17, 15) is 19.8 Å². The molecule has 1 saturated heterocycles. The average molecular weight is 450 g/mol. The van der Waals surface area contributed by atoms with Crippen LogP contribution in [-0.4, -0.2) is 39.8 Å². The number of nitrogens with zero attached hydrogens (tertiary/aromatic N) is 1. The minimum Gasteiger partial charge on any atom is -0.480 e. The minimum atomic E-state index is -1.47. The van der Waals surface area contributed by atoms with E-state index in [1.807, 2.05) is 72.8 Å². The number of aliphatic hydroxyl groups is 1. The van der Waals surface area contributed by atoms with Gasteiger partial charge in [0.25, 0.3) is 0 Å². The number of benzene rings is 3. The molecule has 1 unspecified atom stereocenters. The Morgan fingerprint density at radius 2 is 1.53 bits per heavy atom. The van der Waals surface area contributed by atoms with Gasteiger partial charge in [-0.2, -0.15) is 0 Å². The standard InChI is InChI=1S/C25H23NO5S/c27-23(28)22-15-25(30,17-26(22)24(29)31-16-18-7-3-1-4-8-18)19-11-13-21(14-12-19)32-20-9-5-2-6-10-20/h1-14,22,30H,15-17H2,(H,27,28)/t22-,25?/m0/s1. The lowest BCUT2D eigenvalue weighted by Crippen LogP contribution is -2.41. The molecule has 0 aromatic heterocycles. The molecule has 3 aromatic rings. The molecule has 2 N–H and O–H groups in total. The zero-order valence-corrected chi connectivity index (χ0v) is 18.1. The number of carbonyl (C=O) groups is 2. The van der Waals surface area contributed by atoms with Gasteiger partial charge in [-0.1, -0.05) is 72.4 Å². The molecular weight excluding hydrogens is 426 g/mol. The summed E-state index contributed by atoms with van der Waals surface area (Å²) in [6.45, 7) is -0.116. The van der Waals surface area contributed by atoms with Gasteiger partial charge in [0.1, 0.15) is 18.2 Å². The number of hydrogen-bond acceptors (Lipinski definition) is 5. The summed E-state index contributed by atoms with van der Waals surface area (Å²) in [5.74, 6) is -1.17. The van der Waals surface area contributed by atoms with E-state index in [0.29, 0.717) is 5.56 Å². The van der Waals surface area contributed by atoms with Gasteiger partial charge >= 0.3 is 12.1 Å². The maximum absolute atomic E-state index is 12.6. The fraction of sp³-hybridized carbons (Fsp3) is 0.200. The quantitative estimate of drug-likeness (QED) is 0.575. The molecule has 32 heavy (non-hydrogen) atoms. The summed E-state index contributed by atoms with van der Waals surface area (Å²) in [6.07, 6.45) is -0.859. The Balaban J connectivity index is 1.46. The predicted octanol–water partition coefficient (Wildman–Crippen LogP) is 4.52. The number of carboxylic acids is 1. The zero-order valence-electron chi connectivity index (χ0n) is 17.3. The second-order valence-corrected chi connectivity index (χ2v) is 8.84. The molecule has 1 aliphatic heterocycles. The first kappa shape index (κ1) is 21.9. The molecule has 1 fully saturated rings. The van der Waals surface area contributed by atoms with Gasteiger partial charge in [0.15, 0.2) is 0 Å². The highest BCUT2D eigenvalue weighted by Crippen LogP contribution is 2.38. The Bertz CT molecular complexity index is 1070. The van der Waals surface area contributed by atoms with Crippen LogP contribution in [0.4, 0.5) is 4.79 Å². The third kappa shape index (κ3) is 4.95. The van der Waals surface area contributed by atoms with Gasteiger partial charge in [-0.05, 0) is 35.4 Å². The van der Waals surface area contributed by atoms with Crippen LogP contribution in [0.3, 0.4) is 0 Å². The Morgan fingerprint density at radius 3 is 2.16 bits per heavy atom. The highest BCUT2D eigenvalue weighted by Gasteiger charge is 2.49. The smallest absolute Gasteiger partial charge is 0.410 e. The number of β-amino-alcohol motifs (C(OH)–C–C–N with tert-alkyl or cyclic N) is 1. The first-order valence-corrected chi connectivity index (χ1v) is 11.0. The number of likely N-dealkylation sites (tertiary alicyclic amines) is 1. The minimum absolute atomic E-state index is 0.0341. The molecule has 1 heterocycles. The van der Waals surface area contributed by atoms with Crippen molar-refractivity contribution in [1.29, 1.82) is 0 Å². The first-order valence-electron chi connectivity index (χ1n) is 10.2. The van der Waals surface area contributed by atoms with Gasteiger partial charge in [-0.3, -0.25) is 4.90 Å². The van der Waals surface area contributed by atoms with Gasteiger partial charge in [-0.25, -0.2) is 9.59 Å². The second-order valence-electron chi connectivity index (χ2n) is 7.70. The maximum Gasteiger partial charge on any atom is 0.410 e. The first-order chi connectivity index (χ1) is 15.4. The Morgan fingerprint density at radius 1 is 0.938 bits per heavy atom. The molecule has 1 amide bonds. The van der Waals surface area contributed by atoms with E-state index in [1.165, 1.54) is 0 Å². The van der Waals surface area contributed by atoms with Crippen LogP contribution in [0.1, 0.15) is 17.5 Å². The topological polar surface area (TPSA) is 87.1 Å². The van der Waals surface area contributed by atoms with E-state index in [-0.39, 0.29) is 19.6 Å². The van der Waals surface area contributed by atoms with E-state index < -0.39 is 23.7 Å². The summed E-state index contributed by atoms with van der Waals surface area (Å²) in [6, 6.07) is 25.2. The third-order valence-electron chi connectivity index (χ3n) is 5.43. The van der Waals surface area contributed by atoms with Crippen LogP contribution in [0.25, 0.3) is 0 Å². The van der Waals surface area contributed by atoms with E-state index >= 15 is 0 Å². The van der Waals surface area contributed by atoms with Gasteiger partial charge in [0, 0.05) is 16.2 Å². The van der Waals surface area contributed by atoms with Crippen molar-refractivity contribution in [2.24, 2.45) is 0 Å². The SMILES string of the molecule is O=C(O)[C@@H]1CC(O)(c2ccc(Sc3ccccc3)cc2)CN1C(=O)OCc1ccccc1. The Hall–Kier alpha value is -3.29. The Labute approximate surface area is 190 Å². The predicted molar refractivity (Wildman–Crippen MR) is 120 cm³/mol. The Kier molecular flexibility index (Phi) is 6.48. The lowest BCUT2D eigenvalue weighted by atomic mass is 9.91. The van der Waals surface area contributed by atoms with Gasteiger partial charge in [0.05, 0.1) is 6.54 Å². The lowest BCUT2D eigenvalue weighted by molar-refractivity contribution is -0.141. The molecule has 0 bridgehead atoms. The molecule has 0 radical (unpaired) electrons. The van der Waals surface area contributed by atoms with Crippen LogP contribution in [0.2, 0.25) is 0 Å². The normalized spacial score (nSPS) is 20.2. The number of rotatable bonds is 6. The van der Waals surface area contributed by atoms with Crippen molar-refractivity contribution in [3.8, 4) is 0 Å². The van der Waals surface area contributed by atoms with Crippen molar-refractivity contribution in [3.05, 3.63) is 96.1 Å². The number of ether oxygens (including phenoxy) is 1. The highest BCUT2D eigenvalue weighted by molar-refractivity contribution is 7.99. The monoisotopic (exact) mass is 449 g/mol. The maximum atomic E-state index is 12.6. The van der Waals surface area contributed by atoms with Crippen LogP contribution in [0, 0.1) is 0 Å². The summed E-state index contributed by atoms with van der Waals surface area (Å²) in [4.78, 5) is 27.6. The van der Waals surface area contributed by atoms with Gasteiger partial charge in [0.2, 0.25) is 0 Å². The van der Waals surface area contributed by atoms with Crippen molar-refractivity contribution in [2.75, 3.05) is 6.54 Å². The molecule has 0 aliphatic carbocycles. The fourth-order valence-electron chi connectivity index (χ4n) is 3.77. The number of hydrogen-bond donors (Lipinski definition) is 2. The van der Waals surface area contributed by atoms with Crippen molar-refractivity contribution in [1.82, 2.24) is 4.90 Å². The number of aliphatic carboxylic acids is 1. The largest absolute Gasteiger partial charge is 0.480 e. The summed E-state index contributed by atoms with van der Waals surface area (Å²) < 4.78 is 5.32. The number of carboxylic acid groups (broad SMARTS) is 1. The lowest BCUT2D eigenvalue weighted by Gasteiger charge is -2.24. The third-order valence-corrected chi connectivity index (χ3v) is 6.45. The molecular formula is C25H23NO5S.